The summed E-state index contributed by atoms with van der Waals surface area (Å²) < 4.78 is 59.3. The van der Waals surface area contributed by atoms with Crippen LogP contribution in [0.2, 0.25) is 0 Å². The van der Waals surface area contributed by atoms with E-state index in [2.05, 4.69) is 9.97 Å². The molecular formula is C31H25F3N2O4. The first-order chi connectivity index (χ1) is 19.3. The Morgan fingerprint density at radius 1 is 0.975 bits per heavy atom. The fourth-order valence-corrected chi connectivity index (χ4v) is 5.58. The van der Waals surface area contributed by atoms with Crippen molar-refractivity contribution in [3.05, 3.63) is 95.6 Å². The van der Waals surface area contributed by atoms with Gasteiger partial charge in [0.15, 0.2) is 0 Å². The summed E-state index contributed by atoms with van der Waals surface area (Å²) in [6.07, 6.45) is 1.07. The second kappa shape index (κ2) is 10.3. The van der Waals surface area contributed by atoms with Crippen LogP contribution in [0.15, 0.2) is 73.3 Å². The highest BCUT2D eigenvalue weighted by molar-refractivity contribution is 5.76. The van der Waals surface area contributed by atoms with E-state index in [1.807, 2.05) is 12.1 Å². The number of esters is 1. The number of methoxy groups -OCH3 is 1. The van der Waals surface area contributed by atoms with Crippen LogP contribution in [0.5, 0.6) is 11.5 Å². The Morgan fingerprint density at radius 2 is 1.70 bits per heavy atom. The monoisotopic (exact) mass is 546 g/mol. The summed E-state index contributed by atoms with van der Waals surface area (Å²) in [4.78, 5) is 19.7. The second-order valence-electron chi connectivity index (χ2n) is 9.89. The van der Waals surface area contributed by atoms with Crippen molar-refractivity contribution in [2.75, 3.05) is 13.7 Å². The molecule has 6 rings (SSSR count). The van der Waals surface area contributed by atoms with Gasteiger partial charge in [0.25, 0.3) is 0 Å². The van der Waals surface area contributed by atoms with Crippen LogP contribution < -0.4 is 9.47 Å². The predicted molar refractivity (Wildman–Crippen MR) is 141 cm³/mol. The molecule has 2 aliphatic rings. The number of carbonyl (C=O) groups excluding carboxylic acids is 1. The van der Waals surface area contributed by atoms with Crippen LogP contribution in [0.1, 0.15) is 47.1 Å². The first kappa shape index (κ1) is 25.9. The summed E-state index contributed by atoms with van der Waals surface area (Å²) in [7, 11) is 1.35. The maximum absolute atomic E-state index is 14.2. The minimum absolute atomic E-state index is 0.0899. The molecule has 1 aromatic heterocycles. The number of carbonyl (C=O) groups is 1. The molecule has 0 spiro atoms. The largest absolute Gasteiger partial charge is 0.492 e. The minimum Gasteiger partial charge on any atom is -0.492 e. The molecule has 40 heavy (non-hydrogen) atoms. The molecule has 6 nitrogen and oxygen atoms in total. The number of aromatic nitrogens is 2. The number of halogens is 3. The predicted octanol–water partition coefficient (Wildman–Crippen LogP) is 6.93. The molecule has 0 bridgehead atoms. The van der Waals surface area contributed by atoms with Crippen LogP contribution >= 0.6 is 0 Å². The van der Waals surface area contributed by atoms with Gasteiger partial charge in [0.1, 0.15) is 23.9 Å². The van der Waals surface area contributed by atoms with Crippen LogP contribution in [0.4, 0.5) is 13.2 Å². The summed E-state index contributed by atoms with van der Waals surface area (Å²) in [5, 5.41) is 0. The van der Waals surface area contributed by atoms with Crippen molar-refractivity contribution in [2.24, 2.45) is 0 Å². The lowest BCUT2D eigenvalue weighted by Gasteiger charge is -2.20. The van der Waals surface area contributed by atoms with Crippen molar-refractivity contribution in [3.63, 3.8) is 0 Å². The zero-order valence-corrected chi connectivity index (χ0v) is 21.6. The van der Waals surface area contributed by atoms with Crippen LogP contribution in [0.3, 0.4) is 0 Å². The molecule has 2 heterocycles. The number of ether oxygens (including phenoxy) is 3. The molecule has 1 aliphatic carbocycles. The average molecular weight is 547 g/mol. The first-order valence-corrected chi connectivity index (χ1v) is 12.9. The maximum atomic E-state index is 14.2. The van der Waals surface area contributed by atoms with Gasteiger partial charge in [-0.25, -0.2) is 9.97 Å². The highest BCUT2D eigenvalue weighted by Gasteiger charge is 2.38. The van der Waals surface area contributed by atoms with Gasteiger partial charge in [-0.15, -0.1) is 0 Å². The van der Waals surface area contributed by atoms with Crippen LogP contribution in [0.25, 0.3) is 22.3 Å². The van der Waals surface area contributed by atoms with Gasteiger partial charge in [-0.3, -0.25) is 4.79 Å². The second-order valence-corrected chi connectivity index (χ2v) is 9.89. The van der Waals surface area contributed by atoms with Gasteiger partial charge in [0.05, 0.1) is 25.7 Å². The van der Waals surface area contributed by atoms with Crippen LogP contribution in [-0.2, 0) is 22.1 Å². The molecule has 204 valence electrons. The molecule has 2 unspecified atom stereocenters. The van der Waals surface area contributed by atoms with Crippen LogP contribution in [0, 0.1) is 0 Å². The molecule has 3 aromatic carbocycles. The van der Waals surface area contributed by atoms with Gasteiger partial charge in [-0.05, 0) is 52.8 Å². The average Bonchev–Trinajstić information content (AvgIpc) is 3.56. The van der Waals surface area contributed by atoms with E-state index < -0.39 is 17.8 Å². The Morgan fingerprint density at radius 3 is 2.42 bits per heavy atom. The van der Waals surface area contributed by atoms with Crippen molar-refractivity contribution in [1.29, 1.82) is 0 Å². The van der Waals surface area contributed by atoms with Crippen molar-refractivity contribution < 1.29 is 32.2 Å². The zero-order chi connectivity index (χ0) is 27.9. The smallest absolute Gasteiger partial charge is 0.417 e. The molecule has 0 saturated carbocycles. The third kappa shape index (κ3) is 4.87. The summed E-state index contributed by atoms with van der Waals surface area (Å²) >= 11 is 0. The highest BCUT2D eigenvalue weighted by atomic mass is 19.4. The standard InChI is InChI=1S/C31H25F3N2O4/c1-38-29(37)12-20-16-39-28-13-22(6-7-23(20)28)40-27-11-9-25-24(27)8-10-26(31(32,33)34)30(25)19-4-2-18(3-5-19)21-14-35-17-36-15-21/h2-8,10,13-15,17,20,27H,9,11-12,16H2,1H3. The lowest BCUT2D eigenvalue weighted by atomic mass is 9.90. The normalized spacial score (nSPS) is 17.6. The highest BCUT2D eigenvalue weighted by Crippen LogP contribution is 2.47. The number of nitrogens with zero attached hydrogens (tertiary/aromatic N) is 2. The minimum atomic E-state index is -4.51. The number of alkyl halides is 3. The Labute approximate surface area is 228 Å². The van der Waals surface area contributed by atoms with Crippen molar-refractivity contribution >= 4 is 5.97 Å². The van der Waals surface area contributed by atoms with Crippen molar-refractivity contribution in [3.8, 4) is 33.8 Å². The van der Waals surface area contributed by atoms with Gasteiger partial charge in [-0.2, -0.15) is 13.2 Å². The summed E-state index contributed by atoms with van der Waals surface area (Å²) in [6.45, 7) is 0.375. The van der Waals surface area contributed by atoms with E-state index in [0.29, 0.717) is 42.1 Å². The molecule has 1 aliphatic heterocycles. The van der Waals surface area contributed by atoms with E-state index in [0.717, 1.165) is 28.3 Å². The fraction of sp³-hybridized carbons (Fsp3) is 0.258. The third-order valence-corrected chi connectivity index (χ3v) is 7.51. The molecule has 4 aromatic rings. The Bertz CT molecular complexity index is 1560. The summed E-state index contributed by atoms with van der Waals surface area (Å²) in [6, 6.07) is 15.1. The van der Waals surface area contributed by atoms with E-state index >= 15 is 0 Å². The Hall–Kier alpha value is -4.40. The summed E-state index contributed by atoms with van der Waals surface area (Å²) in [5.74, 6) is 0.808. The van der Waals surface area contributed by atoms with Gasteiger partial charge in [-0.1, -0.05) is 36.4 Å². The van der Waals surface area contributed by atoms with Crippen LogP contribution in [-0.4, -0.2) is 29.7 Å². The number of hydrogen-bond donors (Lipinski definition) is 0. The number of hydrogen-bond acceptors (Lipinski definition) is 6. The van der Waals surface area contributed by atoms with Gasteiger partial charge in [0, 0.05) is 35.5 Å². The maximum Gasteiger partial charge on any atom is 0.417 e. The van der Waals surface area contributed by atoms with E-state index in [1.54, 1.807) is 42.7 Å². The van der Waals surface area contributed by atoms with E-state index in [4.69, 9.17) is 14.2 Å². The molecule has 0 amide bonds. The molecule has 0 radical (unpaired) electrons. The number of benzene rings is 3. The van der Waals surface area contributed by atoms with Gasteiger partial charge in [0.2, 0.25) is 0 Å². The SMILES string of the molecule is COC(=O)CC1COc2cc(OC3CCc4c3ccc(C(F)(F)F)c4-c3ccc(-c4cncnc4)cc3)ccc21. The Balaban J connectivity index is 1.30. The summed E-state index contributed by atoms with van der Waals surface area (Å²) in [5.41, 5.74) is 3.92. The fourth-order valence-electron chi connectivity index (χ4n) is 5.58. The first-order valence-electron chi connectivity index (χ1n) is 12.9. The van der Waals surface area contributed by atoms with E-state index in [1.165, 1.54) is 19.5 Å². The quantitative estimate of drug-likeness (QED) is 0.244. The molecule has 0 N–H and O–H groups in total. The lowest BCUT2D eigenvalue weighted by molar-refractivity contribution is -0.141. The molecule has 2 atom stereocenters. The topological polar surface area (TPSA) is 70.5 Å². The van der Waals surface area contributed by atoms with Gasteiger partial charge < -0.3 is 14.2 Å². The number of rotatable bonds is 6. The van der Waals surface area contributed by atoms with E-state index in [-0.39, 0.29) is 23.9 Å². The molecule has 0 fully saturated rings. The van der Waals surface area contributed by atoms with Crippen molar-refractivity contribution in [2.45, 2.75) is 37.5 Å². The lowest BCUT2D eigenvalue weighted by Crippen LogP contribution is -2.10. The zero-order valence-electron chi connectivity index (χ0n) is 21.6. The molecule has 0 saturated heterocycles. The third-order valence-electron chi connectivity index (χ3n) is 7.51. The number of fused-ring (bicyclic) bond motifs is 2. The molecule has 9 heteroatoms. The van der Waals surface area contributed by atoms with Gasteiger partial charge >= 0.3 is 12.1 Å². The molecular weight excluding hydrogens is 521 g/mol. The van der Waals surface area contributed by atoms with E-state index in [9.17, 15) is 18.0 Å². The van der Waals surface area contributed by atoms with Crippen molar-refractivity contribution in [1.82, 2.24) is 9.97 Å². The Kier molecular flexibility index (Phi) is 6.65.